The van der Waals surface area contributed by atoms with Gasteiger partial charge in [-0.15, -0.1) is 0 Å². The third-order valence-electron chi connectivity index (χ3n) is 4.03. The molecule has 3 aromatic rings. The molecule has 2 N–H and O–H groups in total. The molecule has 0 fully saturated rings. The SMILES string of the molecule is CN=C(NCCc1ccccc1Cl)NCc1ccc(-n2cccn2)cc1. The summed E-state index contributed by atoms with van der Waals surface area (Å²) in [7, 11) is 1.77. The van der Waals surface area contributed by atoms with Crippen LogP contribution < -0.4 is 10.6 Å². The Labute approximate surface area is 158 Å². The standard InChI is InChI=1S/C20H22ClN5/c1-22-20(23-13-11-17-5-2-3-6-19(17)21)24-15-16-7-9-18(10-8-16)26-14-4-12-25-26/h2-10,12,14H,11,13,15H2,1H3,(H2,22,23,24). The molecule has 0 radical (unpaired) electrons. The maximum absolute atomic E-state index is 6.18. The van der Waals surface area contributed by atoms with Crippen molar-refractivity contribution in [2.75, 3.05) is 13.6 Å². The maximum atomic E-state index is 6.18. The smallest absolute Gasteiger partial charge is 0.191 e. The first kappa shape index (κ1) is 18.0. The lowest BCUT2D eigenvalue weighted by Gasteiger charge is -2.12. The molecule has 0 saturated carbocycles. The average Bonchev–Trinajstić information content (AvgIpc) is 3.21. The second-order valence-corrected chi connectivity index (χ2v) is 6.22. The van der Waals surface area contributed by atoms with Gasteiger partial charge in [0.2, 0.25) is 0 Å². The van der Waals surface area contributed by atoms with E-state index in [4.69, 9.17) is 11.6 Å². The fraction of sp³-hybridized carbons (Fsp3) is 0.200. The van der Waals surface area contributed by atoms with E-state index in [0.29, 0.717) is 6.54 Å². The lowest BCUT2D eigenvalue weighted by Crippen LogP contribution is -2.37. The quantitative estimate of drug-likeness (QED) is 0.518. The Bertz CT molecular complexity index is 841. The number of halogens is 1. The van der Waals surface area contributed by atoms with Crippen LogP contribution in [-0.4, -0.2) is 29.3 Å². The molecule has 6 heteroatoms. The highest BCUT2D eigenvalue weighted by atomic mass is 35.5. The number of nitrogens with one attached hydrogen (secondary N) is 2. The monoisotopic (exact) mass is 367 g/mol. The Balaban J connectivity index is 1.47. The molecule has 0 atom stereocenters. The van der Waals surface area contributed by atoms with Gasteiger partial charge in [0, 0.05) is 37.6 Å². The molecule has 0 saturated heterocycles. The highest BCUT2D eigenvalue weighted by Crippen LogP contribution is 2.14. The third-order valence-corrected chi connectivity index (χ3v) is 4.40. The Hall–Kier alpha value is -2.79. The zero-order chi connectivity index (χ0) is 18.2. The molecule has 0 aliphatic heterocycles. The van der Waals surface area contributed by atoms with Crippen LogP contribution in [0.2, 0.25) is 5.02 Å². The summed E-state index contributed by atoms with van der Waals surface area (Å²) in [6, 6.07) is 18.1. The molecule has 5 nitrogen and oxygen atoms in total. The topological polar surface area (TPSA) is 54.2 Å². The van der Waals surface area contributed by atoms with E-state index >= 15 is 0 Å². The number of rotatable bonds is 6. The van der Waals surface area contributed by atoms with Gasteiger partial charge >= 0.3 is 0 Å². The van der Waals surface area contributed by atoms with Crippen molar-refractivity contribution in [1.82, 2.24) is 20.4 Å². The predicted molar refractivity (Wildman–Crippen MR) is 107 cm³/mol. The van der Waals surface area contributed by atoms with Crippen LogP contribution in [0.1, 0.15) is 11.1 Å². The minimum Gasteiger partial charge on any atom is -0.356 e. The molecule has 0 unspecified atom stereocenters. The summed E-state index contributed by atoms with van der Waals surface area (Å²) in [5.74, 6) is 0.771. The lowest BCUT2D eigenvalue weighted by molar-refractivity contribution is 0.794. The van der Waals surface area contributed by atoms with Gasteiger partial charge in [-0.05, 0) is 41.8 Å². The van der Waals surface area contributed by atoms with Gasteiger partial charge in [-0.25, -0.2) is 4.68 Å². The van der Waals surface area contributed by atoms with Crippen LogP contribution in [0.15, 0.2) is 72.0 Å². The van der Waals surface area contributed by atoms with Gasteiger partial charge in [0.15, 0.2) is 5.96 Å². The van der Waals surface area contributed by atoms with Gasteiger partial charge in [0.25, 0.3) is 0 Å². The maximum Gasteiger partial charge on any atom is 0.191 e. The number of hydrogen-bond donors (Lipinski definition) is 2. The normalized spacial score (nSPS) is 11.4. The average molecular weight is 368 g/mol. The van der Waals surface area contributed by atoms with Crippen molar-refractivity contribution in [3.05, 3.63) is 83.1 Å². The fourth-order valence-electron chi connectivity index (χ4n) is 2.61. The molecule has 0 aliphatic carbocycles. The first-order valence-electron chi connectivity index (χ1n) is 8.53. The summed E-state index contributed by atoms with van der Waals surface area (Å²) in [5.41, 5.74) is 3.35. The number of benzene rings is 2. The number of hydrogen-bond acceptors (Lipinski definition) is 2. The van der Waals surface area contributed by atoms with Gasteiger partial charge in [0.1, 0.15) is 0 Å². The molecule has 0 spiro atoms. The van der Waals surface area contributed by atoms with E-state index < -0.39 is 0 Å². The first-order chi connectivity index (χ1) is 12.8. The fourth-order valence-corrected chi connectivity index (χ4v) is 2.84. The van der Waals surface area contributed by atoms with Gasteiger partial charge < -0.3 is 10.6 Å². The minimum atomic E-state index is 0.700. The van der Waals surface area contributed by atoms with E-state index in [1.54, 1.807) is 13.2 Å². The summed E-state index contributed by atoms with van der Waals surface area (Å²) >= 11 is 6.18. The Kier molecular flexibility index (Phi) is 6.28. The highest BCUT2D eigenvalue weighted by molar-refractivity contribution is 6.31. The van der Waals surface area contributed by atoms with Crippen LogP contribution in [0.25, 0.3) is 5.69 Å². The van der Waals surface area contributed by atoms with E-state index in [0.717, 1.165) is 35.2 Å². The second kappa shape index (κ2) is 9.06. The summed E-state index contributed by atoms with van der Waals surface area (Å²) in [5, 5.41) is 11.7. The van der Waals surface area contributed by atoms with Crippen LogP contribution in [-0.2, 0) is 13.0 Å². The molecule has 0 aliphatic rings. The summed E-state index contributed by atoms with van der Waals surface area (Å²) in [6.45, 7) is 1.47. The number of guanidine groups is 1. The van der Waals surface area contributed by atoms with Crippen molar-refractivity contribution in [2.45, 2.75) is 13.0 Å². The first-order valence-corrected chi connectivity index (χ1v) is 8.91. The minimum absolute atomic E-state index is 0.700. The summed E-state index contributed by atoms with van der Waals surface area (Å²) < 4.78 is 1.84. The molecule has 1 heterocycles. The lowest BCUT2D eigenvalue weighted by atomic mass is 10.1. The molecule has 2 aromatic carbocycles. The molecule has 3 rings (SSSR count). The van der Waals surface area contributed by atoms with Gasteiger partial charge in [-0.2, -0.15) is 5.10 Å². The van der Waals surface area contributed by atoms with E-state index in [1.165, 1.54) is 5.56 Å². The Morgan fingerprint density at radius 3 is 2.58 bits per heavy atom. The largest absolute Gasteiger partial charge is 0.356 e. The van der Waals surface area contributed by atoms with Gasteiger partial charge in [-0.3, -0.25) is 4.99 Å². The Morgan fingerprint density at radius 2 is 1.88 bits per heavy atom. The van der Waals surface area contributed by atoms with E-state index in [9.17, 15) is 0 Å². The van der Waals surface area contributed by atoms with E-state index in [2.05, 4.69) is 45.0 Å². The van der Waals surface area contributed by atoms with Gasteiger partial charge in [-0.1, -0.05) is 41.9 Å². The van der Waals surface area contributed by atoms with Crippen molar-refractivity contribution in [2.24, 2.45) is 4.99 Å². The van der Waals surface area contributed by atoms with Crippen LogP contribution >= 0.6 is 11.6 Å². The third kappa shape index (κ3) is 4.86. The van der Waals surface area contributed by atoms with Crippen molar-refractivity contribution in [3.8, 4) is 5.69 Å². The molecule has 26 heavy (non-hydrogen) atoms. The van der Waals surface area contributed by atoms with Crippen LogP contribution in [0.3, 0.4) is 0 Å². The highest BCUT2D eigenvalue weighted by Gasteiger charge is 2.02. The molecule has 0 bridgehead atoms. The van der Waals surface area contributed by atoms with Crippen LogP contribution in [0.5, 0.6) is 0 Å². The van der Waals surface area contributed by atoms with Crippen molar-refractivity contribution < 1.29 is 0 Å². The molecular weight excluding hydrogens is 346 g/mol. The molecular formula is C20H22ClN5. The molecule has 134 valence electrons. The van der Waals surface area contributed by atoms with Crippen molar-refractivity contribution >= 4 is 17.6 Å². The molecule has 0 amide bonds. The number of nitrogens with zero attached hydrogens (tertiary/aromatic N) is 3. The van der Waals surface area contributed by atoms with Crippen LogP contribution in [0, 0.1) is 0 Å². The zero-order valence-corrected chi connectivity index (χ0v) is 15.4. The van der Waals surface area contributed by atoms with Gasteiger partial charge in [0.05, 0.1) is 5.69 Å². The summed E-state index contributed by atoms with van der Waals surface area (Å²) in [6.07, 6.45) is 4.55. The van der Waals surface area contributed by atoms with Crippen molar-refractivity contribution in [3.63, 3.8) is 0 Å². The van der Waals surface area contributed by atoms with E-state index in [-0.39, 0.29) is 0 Å². The number of aliphatic imine (C=N–C) groups is 1. The zero-order valence-electron chi connectivity index (χ0n) is 14.7. The number of aromatic nitrogens is 2. The van der Waals surface area contributed by atoms with E-state index in [1.807, 2.05) is 41.2 Å². The second-order valence-electron chi connectivity index (χ2n) is 5.81. The van der Waals surface area contributed by atoms with Crippen LogP contribution in [0.4, 0.5) is 0 Å². The summed E-state index contributed by atoms with van der Waals surface area (Å²) in [4.78, 5) is 4.26. The van der Waals surface area contributed by atoms with Crippen molar-refractivity contribution in [1.29, 1.82) is 0 Å². The molecule has 1 aromatic heterocycles. The Morgan fingerprint density at radius 1 is 1.08 bits per heavy atom. The predicted octanol–water partition coefficient (Wildman–Crippen LogP) is 3.43.